The number of nitrogens with one attached hydrogen (secondary N) is 1. The molecule has 0 radical (unpaired) electrons. The summed E-state index contributed by atoms with van der Waals surface area (Å²) in [5.74, 6) is -1.07. The van der Waals surface area contributed by atoms with Gasteiger partial charge in [-0.2, -0.15) is 0 Å². The molecule has 2 aromatic rings. The third-order valence-electron chi connectivity index (χ3n) is 3.10. The predicted octanol–water partition coefficient (Wildman–Crippen LogP) is 2.82. The average molecular weight is 337 g/mol. The summed E-state index contributed by atoms with van der Waals surface area (Å²) in [7, 11) is 0. The topological polar surface area (TPSA) is 72.2 Å². The maximum atomic E-state index is 12.2. The van der Waals surface area contributed by atoms with Crippen LogP contribution in [0.25, 0.3) is 0 Å². The molecule has 114 valence electrons. The van der Waals surface area contributed by atoms with Crippen molar-refractivity contribution in [3.05, 3.63) is 69.7 Å². The fourth-order valence-electron chi connectivity index (χ4n) is 2.00. The SMILES string of the molecule is NC(=O)[C@@H](Cc1cccc(Cl)c1)NC(=O)c1ccccc1Cl. The average Bonchev–Trinajstić information content (AvgIpc) is 2.46. The Kier molecular flexibility index (Phi) is 5.41. The van der Waals surface area contributed by atoms with E-state index in [1.54, 1.807) is 42.5 Å². The van der Waals surface area contributed by atoms with Gasteiger partial charge in [-0.05, 0) is 29.8 Å². The molecule has 0 heterocycles. The van der Waals surface area contributed by atoms with Crippen molar-refractivity contribution < 1.29 is 9.59 Å². The second kappa shape index (κ2) is 7.29. The molecule has 0 aliphatic carbocycles. The van der Waals surface area contributed by atoms with Gasteiger partial charge in [0.05, 0.1) is 10.6 Å². The van der Waals surface area contributed by atoms with Crippen LogP contribution in [0.3, 0.4) is 0 Å². The molecule has 2 rings (SSSR count). The highest BCUT2D eigenvalue weighted by Crippen LogP contribution is 2.16. The maximum absolute atomic E-state index is 12.2. The number of rotatable bonds is 5. The van der Waals surface area contributed by atoms with Crippen molar-refractivity contribution in [1.82, 2.24) is 5.32 Å². The van der Waals surface area contributed by atoms with Crippen molar-refractivity contribution in [2.75, 3.05) is 0 Å². The summed E-state index contributed by atoms with van der Waals surface area (Å²) >= 11 is 11.9. The monoisotopic (exact) mass is 336 g/mol. The number of amides is 2. The summed E-state index contributed by atoms with van der Waals surface area (Å²) in [6.45, 7) is 0. The smallest absolute Gasteiger partial charge is 0.253 e. The lowest BCUT2D eigenvalue weighted by Gasteiger charge is -2.16. The third-order valence-corrected chi connectivity index (χ3v) is 3.66. The van der Waals surface area contributed by atoms with Crippen LogP contribution < -0.4 is 11.1 Å². The molecule has 0 saturated heterocycles. The van der Waals surface area contributed by atoms with Gasteiger partial charge in [-0.3, -0.25) is 9.59 Å². The lowest BCUT2D eigenvalue weighted by molar-refractivity contribution is -0.119. The van der Waals surface area contributed by atoms with E-state index < -0.39 is 17.9 Å². The molecule has 0 aliphatic rings. The zero-order chi connectivity index (χ0) is 16.1. The Morgan fingerprint density at radius 1 is 1.09 bits per heavy atom. The molecule has 0 saturated carbocycles. The fourth-order valence-corrected chi connectivity index (χ4v) is 2.44. The van der Waals surface area contributed by atoms with Crippen molar-refractivity contribution >= 4 is 35.0 Å². The Morgan fingerprint density at radius 3 is 2.45 bits per heavy atom. The molecule has 1 atom stereocenters. The number of carbonyl (C=O) groups is 2. The molecule has 4 nitrogen and oxygen atoms in total. The van der Waals surface area contributed by atoms with E-state index in [4.69, 9.17) is 28.9 Å². The van der Waals surface area contributed by atoms with Crippen LogP contribution >= 0.6 is 23.2 Å². The van der Waals surface area contributed by atoms with Gasteiger partial charge in [-0.1, -0.05) is 47.5 Å². The van der Waals surface area contributed by atoms with E-state index in [0.717, 1.165) is 5.56 Å². The Hall–Kier alpha value is -2.04. The number of benzene rings is 2. The van der Waals surface area contributed by atoms with Gasteiger partial charge >= 0.3 is 0 Å². The zero-order valence-corrected chi connectivity index (χ0v) is 13.1. The number of nitrogens with two attached hydrogens (primary N) is 1. The van der Waals surface area contributed by atoms with Crippen molar-refractivity contribution in [3.63, 3.8) is 0 Å². The highest BCUT2D eigenvalue weighted by molar-refractivity contribution is 6.33. The van der Waals surface area contributed by atoms with Crippen molar-refractivity contribution in [2.45, 2.75) is 12.5 Å². The molecule has 0 aromatic heterocycles. The van der Waals surface area contributed by atoms with Gasteiger partial charge in [0.2, 0.25) is 5.91 Å². The standard InChI is InChI=1S/C16H14Cl2N2O2/c17-11-5-3-4-10(8-11)9-14(15(19)21)20-16(22)12-6-1-2-7-13(12)18/h1-8,14H,9H2,(H2,19,21)(H,20,22)/t14-/m1/s1. The lowest BCUT2D eigenvalue weighted by atomic mass is 10.0. The number of primary amides is 1. The molecule has 0 fully saturated rings. The van der Waals surface area contributed by atoms with Crippen LogP contribution in [0.2, 0.25) is 10.0 Å². The van der Waals surface area contributed by atoms with Gasteiger partial charge in [-0.15, -0.1) is 0 Å². The first-order chi connectivity index (χ1) is 10.5. The minimum absolute atomic E-state index is 0.256. The quantitative estimate of drug-likeness (QED) is 0.881. The summed E-state index contributed by atoms with van der Waals surface area (Å²) in [6.07, 6.45) is 0.256. The summed E-state index contributed by atoms with van der Waals surface area (Å²) in [5.41, 5.74) is 6.46. The molecule has 3 N–H and O–H groups in total. The van der Waals surface area contributed by atoms with Gasteiger partial charge in [0.25, 0.3) is 5.91 Å². The van der Waals surface area contributed by atoms with Crippen molar-refractivity contribution in [2.24, 2.45) is 5.73 Å². The van der Waals surface area contributed by atoms with Crippen LogP contribution in [-0.4, -0.2) is 17.9 Å². The zero-order valence-electron chi connectivity index (χ0n) is 11.6. The van der Waals surface area contributed by atoms with Gasteiger partial charge in [0, 0.05) is 11.4 Å². The van der Waals surface area contributed by atoms with Crippen LogP contribution in [0.4, 0.5) is 0 Å². The highest BCUT2D eigenvalue weighted by atomic mass is 35.5. The summed E-state index contributed by atoms with van der Waals surface area (Å²) in [4.78, 5) is 23.8. The molecular formula is C16H14Cl2N2O2. The number of hydrogen-bond donors (Lipinski definition) is 2. The van der Waals surface area contributed by atoms with Gasteiger partial charge in [0.15, 0.2) is 0 Å². The van der Waals surface area contributed by atoms with E-state index in [2.05, 4.69) is 5.32 Å². The van der Waals surface area contributed by atoms with Crippen molar-refractivity contribution in [3.8, 4) is 0 Å². The third kappa shape index (κ3) is 4.23. The van der Waals surface area contributed by atoms with Crippen LogP contribution in [0.5, 0.6) is 0 Å². The fraction of sp³-hybridized carbons (Fsp3) is 0.125. The number of hydrogen-bond acceptors (Lipinski definition) is 2. The van der Waals surface area contributed by atoms with E-state index in [1.807, 2.05) is 6.07 Å². The summed E-state index contributed by atoms with van der Waals surface area (Å²) in [5, 5.41) is 3.47. The first kappa shape index (κ1) is 16.3. The lowest BCUT2D eigenvalue weighted by Crippen LogP contribution is -2.45. The molecular weight excluding hydrogens is 323 g/mol. The molecule has 0 spiro atoms. The van der Waals surface area contributed by atoms with E-state index in [-0.39, 0.29) is 6.42 Å². The van der Waals surface area contributed by atoms with Gasteiger partial charge in [0.1, 0.15) is 6.04 Å². The summed E-state index contributed by atoms with van der Waals surface area (Å²) in [6, 6.07) is 12.8. The maximum Gasteiger partial charge on any atom is 0.253 e. The van der Waals surface area contributed by atoms with Crippen molar-refractivity contribution in [1.29, 1.82) is 0 Å². The predicted molar refractivity (Wildman–Crippen MR) is 87.1 cm³/mol. The Morgan fingerprint density at radius 2 is 1.82 bits per heavy atom. The van der Waals surface area contributed by atoms with Gasteiger partial charge in [-0.25, -0.2) is 0 Å². The van der Waals surface area contributed by atoms with Gasteiger partial charge < -0.3 is 11.1 Å². The molecule has 0 bridgehead atoms. The second-order valence-electron chi connectivity index (χ2n) is 4.74. The van der Waals surface area contributed by atoms with E-state index in [1.165, 1.54) is 0 Å². The molecule has 2 aromatic carbocycles. The Labute approximate surface area is 138 Å². The van der Waals surface area contributed by atoms with E-state index in [9.17, 15) is 9.59 Å². The minimum atomic E-state index is -0.845. The van der Waals surface area contributed by atoms with Crippen LogP contribution in [0.1, 0.15) is 15.9 Å². The number of carbonyl (C=O) groups excluding carboxylic acids is 2. The summed E-state index contributed by atoms with van der Waals surface area (Å²) < 4.78 is 0. The molecule has 22 heavy (non-hydrogen) atoms. The molecule has 0 unspecified atom stereocenters. The minimum Gasteiger partial charge on any atom is -0.368 e. The molecule has 6 heteroatoms. The first-order valence-electron chi connectivity index (χ1n) is 6.56. The normalized spacial score (nSPS) is 11.7. The second-order valence-corrected chi connectivity index (χ2v) is 5.59. The highest BCUT2D eigenvalue weighted by Gasteiger charge is 2.20. The molecule has 0 aliphatic heterocycles. The van der Waals surface area contributed by atoms with E-state index in [0.29, 0.717) is 15.6 Å². The van der Waals surface area contributed by atoms with E-state index >= 15 is 0 Å². The number of halogens is 2. The molecule has 2 amide bonds. The van der Waals surface area contributed by atoms with Crippen LogP contribution in [-0.2, 0) is 11.2 Å². The largest absolute Gasteiger partial charge is 0.368 e. The Balaban J connectivity index is 2.14. The van der Waals surface area contributed by atoms with Crippen LogP contribution in [0, 0.1) is 0 Å². The van der Waals surface area contributed by atoms with Crippen LogP contribution in [0.15, 0.2) is 48.5 Å². The Bertz CT molecular complexity index is 704. The first-order valence-corrected chi connectivity index (χ1v) is 7.32.